The van der Waals surface area contributed by atoms with E-state index in [1.165, 1.54) is 0 Å². The van der Waals surface area contributed by atoms with Gasteiger partial charge in [-0.2, -0.15) is 0 Å². The molecule has 1 amide bonds. The lowest BCUT2D eigenvalue weighted by atomic mass is 9.92. The van der Waals surface area contributed by atoms with Crippen LogP contribution in [0.25, 0.3) is 33.1 Å². The zero-order chi connectivity index (χ0) is 20.5. The van der Waals surface area contributed by atoms with E-state index in [1.807, 2.05) is 67.6 Å². The molecule has 30 heavy (non-hydrogen) atoms. The second-order valence-corrected chi connectivity index (χ2v) is 7.26. The average molecular weight is 392 g/mol. The minimum absolute atomic E-state index is 0.133. The maximum atomic E-state index is 12.9. The summed E-state index contributed by atoms with van der Waals surface area (Å²) in [6.45, 7) is 1.96. The Labute approximate surface area is 173 Å². The van der Waals surface area contributed by atoms with E-state index in [2.05, 4.69) is 33.5 Å². The topological polar surface area (TPSA) is 70.7 Å². The normalized spacial score (nSPS) is 11.1. The minimum atomic E-state index is -0.133. The third kappa shape index (κ3) is 3.31. The summed E-state index contributed by atoms with van der Waals surface area (Å²) in [6.07, 6.45) is 0.213. The van der Waals surface area contributed by atoms with Crippen molar-refractivity contribution in [1.29, 1.82) is 0 Å². The highest BCUT2D eigenvalue weighted by atomic mass is 16.1. The van der Waals surface area contributed by atoms with Crippen molar-refractivity contribution in [3.63, 3.8) is 0 Å². The summed E-state index contributed by atoms with van der Waals surface area (Å²) in [5, 5.41) is 3.94. The molecule has 5 heteroatoms. The minimum Gasteiger partial charge on any atom is -0.324 e. The number of fused-ring (bicyclic) bond motifs is 2. The smallest absolute Gasteiger partial charge is 0.231 e. The van der Waals surface area contributed by atoms with E-state index < -0.39 is 0 Å². The van der Waals surface area contributed by atoms with E-state index in [-0.39, 0.29) is 12.3 Å². The van der Waals surface area contributed by atoms with Gasteiger partial charge < -0.3 is 4.98 Å². The Kier molecular flexibility index (Phi) is 4.48. The molecular formula is C25H20N4O. The van der Waals surface area contributed by atoms with E-state index in [9.17, 15) is 4.79 Å². The number of carbonyl (C=O) groups is 1. The van der Waals surface area contributed by atoms with Crippen LogP contribution in [-0.4, -0.2) is 20.9 Å². The molecule has 5 nitrogen and oxygen atoms in total. The van der Waals surface area contributed by atoms with E-state index >= 15 is 0 Å². The number of para-hydroxylation sites is 3. The highest BCUT2D eigenvalue weighted by Gasteiger charge is 2.18. The van der Waals surface area contributed by atoms with Crippen LogP contribution in [0.3, 0.4) is 0 Å². The van der Waals surface area contributed by atoms with E-state index in [1.54, 1.807) is 0 Å². The molecule has 0 spiro atoms. The van der Waals surface area contributed by atoms with Gasteiger partial charge in [-0.3, -0.25) is 15.1 Å². The maximum absolute atomic E-state index is 12.9. The van der Waals surface area contributed by atoms with Crippen LogP contribution in [-0.2, 0) is 11.2 Å². The number of nitrogens with zero attached hydrogens (tertiary/aromatic N) is 2. The van der Waals surface area contributed by atoms with Crippen LogP contribution in [0.4, 0.5) is 5.95 Å². The van der Waals surface area contributed by atoms with Gasteiger partial charge in [-0.25, -0.2) is 4.98 Å². The number of amides is 1. The molecule has 2 N–H and O–H groups in total. The summed E-state index contributed by atoms with van der Waals surface area (Å²) in [6, 6.07) is 25.9. The lowest BCUT2D eigenvalue weighted by Gasteiger charge is -2.15. The third-order valence-corrected chi connectivity index (χ3v) is 5.25. The summed E-state index contributed by atoms with van der Waals surface area (Å²) in [7, 11) is 0. The van der Waals surface area contributed by atoms with Gasteiger partial charge in [-0.05, 0) is 41.8 Å². The van der Waals surface area contributed by atoms with Gasteiger partial charge in [0, 0.05) is 11.1 Å². The monoisotopic (exact) mass is 392 g/mol. The van der Waals surface area contributed by atoms with Crippen LogP contribution >= 0.6 is 0 Å². The summed E-state index contributed by atoms with van der Waals surface area (Å²) in [4.78, 5) is 25.3. The van der Waals surface area contributed by atoms with Crippen molar-refractivity contribution in [3.8, 4) is 11.1 Å². The quantitative estimate of drug-likeness (QED) is 0.438. The largest absolute Gasteiger partial charge is 0.324 e. The van der Waals surface area contributed by atoms with Crippen molar-refractivity contribution in [1.82, 2.24) is 15.0 Å². The van der Waals surface area contributed by atoms with Crippen LogP contribution in [0, 0.1) is 6.92 Å². The number of rotatable bonds is 4. The van der Waals surface area contributed by atoms with E-state index in [0.717, 1.165) is 44.3 Å². The molecule has 0 saturated heterocycles. The van der Waals surface area contributed by atoms with Crippen LogP contribution in [0.5, 0.6) is 0 Å². The Morgan fingerprint density at radius 1 is 0.867 bits per heavy atom. The Bertz CT molecular complexity index is 1340. The van der Waals surface area contributed by atoms with Crippen molar-refractivity contribution in [3.05, 3.63) is 90.1 Å². The summed E-state index contributed by atoms with van der Waals surface area (Å²) < 4.78 is 0. The first-order chi connectivity index (χ1) is 14.7. The molecule has 2 aromatic heterocycles. The molecule has 0 aliphatic heterocycles. The molecule has 0 aliphatic rings. The molecule has 0 atom stereocenters. The van der Waals surface area contributed by atoms with Crippen molar-refractivity contribution in [2.45, 2.75) is 13.3 Å². The van der Waals surface area contributed by atoms with Crippen LogP contribution in [0.2, 0.25) is 0 Å². The third-order valence-electron chi connectivity index (χ3n) is 5.25. The molecule has 0 fully saturated rings. The molecule has 0 saturated carbocycles. The first-order valence-corrected chi connectivity index (χ1v) is 9.87. The SMILES string of the molecule is Cc1nc2ccccc2c(-c2ccccc2)c1CC(=O)Nc1nc2ccccc2[nH]1. The number of hydrogen-bond donors (Lipinski definition) is 2. The molecule has 146 valence electrons. The average Bonchev–Trinajstić information content (AvgIpc) is 3.17. The predicted molar refractivity (Wildman–Crippen MR) is 120 cm³/mol. The number of aryl methyl sites for hydroxylation is 1. The number of aromatic amines is 1. The molecular weight excluding hydrogens is 372 g/mol. The summed E-state index contributed by atoms with van der Waals surface area (Å²) in [5.74, 6) is 0.320. The summed E-state index contributed by atoms with van der Waals surface area (Å²) in [5.41, 5.74) is 6.54. The first-order valence-electron chi connectivity index (χ1n) is 9.87. The fraction of sp³-hybridized carbons (Fsp3) is 0.0800. The lowest BCUT2D eigenvalue weighted by Crippen LogP contribution is -2.17. The number of imidazole rings is 1. The van der Waals surface area contributed by atoms with Crippen LogP contribution in [0.1, 0.15) is 11.3 Å². The van der Waals surface area contributed by atoms with Crippen molar-refractivity contribution < 1.29 is 4.79 Å². The van der Waals surface area contributed by atoms with E-state index in [4.69, 9.17) is 4.98 Å². The van der Waals surface area contributed by atoms with Gasteiger partial charge in [0.05, 0.1) is 23.0 Å². The highest BCUT2D eigenvalue weighted by molar-refractivity contribution is 6.00. The highest BCUT2D eigenvalue weighted by Crippen LogP contribution is 2.33. The van der Waals surface area contributed by atoms with Gasteiger partial charge in [-0.15, -0.1) is 0 Å². The number of pyridine rings is 1. The van der Waals surface area contributed by atoms with Gasteiger partial charge in [0.25, 0.3) is 0 Å². The van der Waals surface area contributed by atoms with Gasteiger partial charge in [0.1, 0.15) is 0 Å². The van der Waals surface area contributed by atoms with Crippen molar-refractivity contribution in [2.24, 2.45) is 0 Å². The van der Waals surface area contributed by atoms with Gasteiger partial charge in [-0.1, -0.05) is 60.7 Å². The number of aromatic nitrogens is 3. The summed E-state index contributed by atoms with van der Waals surface area (Å²) >= 11 is 0. The van der Waals surface area contributed by atoms with Crippen molar-refractivity contribution >= 4 is 33.8 Å². The number of carbonyl (C=O) groups excluding carboxylic acids is 1. The molecule has 0 bridgehead atoms. The van der Waals surface area contributed by atoms with Gasteiger partial charge in [0.15, 0.2) is 0 Å². The molecule has 2 heterocycles. The number of H-pyrrole nitrogens is 1. The van der Waals surface area contributed by atoms with Gasteiger partial charge >= 0.3 is 0 Å². The second kappa shape index (κ2) is 7.44. The molecule has 3 aromatic carbocycles. The molecule has 5 aromatic rings. The molecule has 0 aliphatic carbocycles. The lowest BCUT2D eigenvalue weighted by molar-refractivity contribution is -0.115. The number of hydrogen-bond acceptors (Lipinski definition) is 3. The Morgan fingerprint density at radius 3 is 2.37 bits per heavy atom. The zero-order valence-electron chi connectivity index (χ0n) is 16.5. The number of nitrogens with one attached hydrogen (secondary N) is 2. The maximum Gasteiger partial charge on any atom is 0.231 e. The molecule has 0 unspecified atom stereocenters. The predicted octanol–water partition coefficient (Wildman–Crippen LogP) is 5.27. The Hall–Kier alpha value is -3.99. The van der Waals surface area contributed by atoms with E-state index in [0.29, 0.717) is 5.95 Å². The van der Waals surface area contributed by atoms with Gasteiger partial charge in [0.2, 0.25) is 11.9 Å². The fourth-order valence-corrected chi connectivity index (χ4v) is 3.87. The number of anilines is 1. The Morgan fingerprint density at radius 2 is 1.57 bits per heavy atom. The standard InChI is InChI=1S/C25H20N4O/c1-16-19(15-23(30)29-25-27-21-13-7-8-14-22(21)28-25)24(17-9-3-2-4-10-17)18-11-5-6-12-20(18)26-16/h2-14H,15H2,1H3,(H2,27,28,29,30). The second-order valence-electron chi connectivity index (χ2n) is 7.26. The number of benzene rings is 3. The first kappa shape index (κ1) is 18.1. The molecule has 5 rings (SSSR count). The molecule has 0 radical (unpaired) electrons. The Balaban J connectivity index is 1.54. The van der Waals surface area contributed by atoms with Crippen LogP contribution in [0.15, 0.2) is 78.9 Å². The van der Waals surface area contributed by atoms with Crippen LogP contribution < -0.4 is 5.32 Å². The zero-order valence-corrected chi connectivity index (χ0v) is 16.5. The fourth-order valence-electron chi connectivity index (χ4n) is 3.87. The van der Waals surface area contributed by atoms with Crippen molar-refractivity contribution in [2.75, 3.05) is 5.32 Å².